The van der Waals surface area contributed by atoms with E-state index in [1.807, 2.05) is 6.07 Å². The summed E-state index contributed by atoms with van der Waals surface area (Å²) in [4.78, 5) is 18.6. The molecule has 104 valence electrons. The van der Waals surface area contributed by atoms with Gasteiger partial charge in [0, 0.05) is 0 Å². The van der Waals surface area contributed by atoms with Crippen LogP contribution < -0.4 is 0 Å². The van der Waals surface area contributed by atoms with Crippen molar-refractivity contribution in [3.8, 4) is 0 Å². The van der Waals surface area contributed by atoms with E-state index in [1.54, 1.807) is 30.5 Å². The molecule has 0 unspecified atom stereocenters. The van der Waals surface area contributed by atoms with Gasteiger partial charge in [-0.2, -0.15) is 0 Å². The highest BCUT2D eigenvalue weighted by atomic mass is 35.5. The number of nitro groups is 1. The molecule has 0 bridgehead atoms. The number of aromatic nitrogens is 2. The number of hydrogen-bond acceptors (Lipinski definition) is 5. The van der Waals surface area contributed by atoms with Crippen LogP contribution in [-0.2, 0) is 0 Å². The predicted molar refractivity (Wildman–Crippen MR) is 78.8 cm³/mol. The molecule has 0 saturated heterocycles. The Labute approximate surface area is 123 Å². The van der Waals surface area contributed by atoms with E-state index in [0.717, 1.165) is 0 Å². The van der Waals surface area contributed by atoms with Crippen molar-refractivity contribution in [3.63, 3.8) is 0 Å². The van der Waals surface area contributed by atoms with Crippen molar-refractivity contribution in [1.82, 2.24) is 9.97 Å². The lowest BCUT2D eigenvalue weighted by atomic mass is 10.3. The summed E-state index contributed by atoms with van der Waals surface area (Å²) in [6.07, 6.45) is 4.82. The molecule has 3 aromatic rings. The van der Waals surface area contributed by atoms with Crippen LogP contribution in [0, 0.1) is 10.1 Å². The predicted octanol–water partition coefficient (Wildman–Crippen LogP) is 3.95. The number of furan rings is 1. The van der Waals surface area contributed by atoms with Crippen LogP contribution in [0.5, 0.6) is 0 Å². The maximum Gasteiger partial charge on any atom is 0.433 e. The summed E-state index contributed by atoms with van der Waals surface area (Å²) >= 11 is 6.06. The molecule has 0 fully saturated rings. The third-order valence-electron chi connectivity index (χ3n) is 2.75. The van der Waals surface area contributed by atoms with Gasteiger partial charge in [0.25, 0.3) is 0 Å². The van der Waals surface area contributed by atoms with Crippen molar-refractivity contribution in [1.29, 1.82) is 0 Å². The lowest BCUT2D eigenvalue weighted by Crippen LogP contribution is -1.87. The zero-order valence-corrected chi connectivity index (χ0v) is 11.3. The molecule has 21 heavy (non-hydrogen) atoms. The van der Waals surface area contributed by atoms with Gasteiger partial charge in [-0.05, 0) is 30.4 Å². The van der Waals surface area contributed by atoms with Crippen molar-refractivity contribution in [2.45, 2.75) is 0 Å². The Bertz CT molecular complexity index is 858. The molecule has 3 rings (SSSR count). The van der Waals surface area contributed by atoms with E-state index in [-0.39, 0.29) is 5.88 Å². The zero-order valence-electron chi connectivity index (χ0n) is 10.6. The molecule has 2 aromatic heterocycles. The number of halogens is 1. The fourth-order valence-corrected chi connectivity index (χ4v) is 2.00. The lowest BCUT2D eigenvalue weighted by molar-refractivity contribution is -0.402. The van der Waals surface area contributed by atoms with Crippen LogP contribution >= 0.6 is 11.6 Å². The van der Waals surface area contributed by atoms with Crippen LogP contribution in [-0.4, -0.2) is 14.9 Å². The third-order valence-corrected chi connectivity index (χ3v) is 3.06. The number of nitrogens with zero attached hydrogens (tertiary/aromatic N) is 3. The Hall–Kier alpha value is -2.73. The van der Waals surface area contributed by atoms with Gasteiger partial charge in [0.05, 0.1) is 28.5 Å². The largest absolute Gasteiger partial charge is 0.433 e. The summed E-state index contributed by atoms with van der Waals surface area (Å²) in [5.74, 6) is 0.0602. The topological polar surface area (TPSA) is 82.1 Å². The molecule has 0 atom stereocenters. The lowest BCUT2D eigenvalue weighted by Gasteiger charge is -1.99. The molecule has 0 amide bonds. The number of rotatable bonds is 3. The zero-order chi connectivity index (χ0) is 14.8. The minimum atomic E-state index is -0.590. The summed E-state index contributed by atoms with van der Waals surface area (Å²) in [5, 5.41) is 11.0. The molecule has 7 heteroatoms. The summed E-state index contributed by atoms with van der Waals surface area (Å²) in [6.45, 7) is 0. The fraction of sp³-hybridized carbons (Fsp3) is 0. The SMILES string of the molecule is O=[N+]([O-])c1ccc(C=Cc2cnc3cccc(Cl)c3n2)o1. The van der Waals surface area contributed by atoms with E-state index in [9.17, 15) is 10.1 Å². The maximum absolute atomic E-state index is 10.5. The monoisotopic (exact) mass is 301 g/mol. The third kappa shape index (κ3) is 2.75. The van der Waals surface area contributed by atoms with Gasteiger partial charge < -0.3 is 4.42 Å². The van der Waals surface area contributed by atoms with E-state index < -0.39 is 4.92 Å². The van der Waals surface area contributed by atoms with Crippen molar-refractivity contribution < 1.29 is 9.34 Å². The molecule has 0 spiro atoms. The Balaban J connectivity index is 1.91. The maximum atomic E-state index is 10.5. The number of benzene rings is 1. The van der Waals surface area contributed by atoms with Crippen LogP contribution in [0.2, 0.25) is 5.02 Å². The van der Waals surface area contributed by atoms with Gasteiger partial charge in [-0.15, -0.1) is 0 Å². The molecule has 0 saturated carbocycles. The summed E-state index contributed by atoms with van der Waals surface area (Å²) < 4.78 is 5.02. The minimum absolute atomic E-state index is 0.303. The van der Waals surface area contributed by atoms with Gasteiger partial charge >= 0.3 is 5.88 Å². The molecule has 0 aliphatic heterocycles. The molecule has 2 heterocycles. The van der Waals surface area contributed by atoms with Crippen molar-refractivity contribution in [2.75, 3.05) is 0 Å². The first-order valence-corrected chi connectivity index (χ1v) is 6.35. The molecule has 0 aliphatic carbocycles. The van der Waals surface area contributed by atoms with Crippen molar-refractivity contribution in [2.24, 2.45) is 0 Å². The van der Waals surface area contributed by atoms with Gasteiger partial charge in [0.1, 0.15) is 16.2 Å². The summed E-state index contributed by atoms with van der Waals surface area (Å²) in [7, 11) is 0. The van der Waals surface area contributed by atoms with Crippen molar-refractivity contribution in [3.05, 3.63) is 63.1 Å². The second-order valence-electron chi connectivity index (χ2n) is 4.17. The standard InChI is InChI=1S/C14H8ClN3O3/c15-11-2-1-3-12-14(11)17-9(8-16-12)4-5-10-6-7-13(21-10)18(19)20/h1-8H. The second kappa shape index (κ2) is 5.34. The second-order valence-corrected chi connectivity index (χ2v) is 4.58. The van der Waals surface area contributed by atoms with E-state index in [0.29, 0.717) is 27.5 Å². The molecule has 0 aliphatic rings. The van der Waals surface area contributed by atoms with Crippen LogP contribution in [0.15, 0.2) is 40.9 Å². The van der Waals surface area contributed by atoms with Crippen molar-refractivity contribution >= 4 is 40.7 Å². The first-order chi connectivity index (χ1) is 10.1. The van der Waals surface area contributed by atoms with E-state index >= 15 is 0 Å². The van der Waals surface area contributed by atoms with Crippen LogP contribution in [0.1, 0.15) is 11.5 Å². The highest BCUT2D eigenvalue weighted by Crippen LogP contribution is 2.21. The number of para-hydroxylation sites is 1. The quantitative estimate of drug-likeness (QED) is 0.540. The van der Waals surface area contributed by atoms with Crippen LogP contribution in [0.25, 0.3) is 23.2 Å². The normalized spacial score (nSPS) is 11.3. The fourth-order valence-electron chi connectivity index (χ4n) is 1.79. The smallest absolute Gasteiger partial charge is 0.401 e. The Kier molecular flexibility index (Phi) is 3.37. The first-order valence-electron chi connectivity index (χ1n) is 5.97. The Morgan fingerprint density at radius 2 is 2.10 bits per heavy atom. The molecule has 6 nitrogen and oxygen atoms in total. The molecular formula is C14H8ClN3O3. The summed E-state index contributed by atoms with van der Waals surface area (Å²) in [6, 6.07) is 8.16. The van der Waals surface area contributed by atoms with Gasteiger partial charge in [-0.3, -0.25) is 15.1 Å². The van der Waals surface area contributed by atoms with E-state index in [4.69, 9.17) is 16.0 Å². The van der Waals surface area contributed by atoms with Gasteiger partial charge in [0.2, 0.25) is 0 Å². The van der Waals surface area contributed by atoms with Crippen LogP contribution in [0.4, 0.5) is 5.88 Å². The average molecular weight is 302 g/mol. The Morgan fingerprint density at radius 3 is 2.86 bits per heavy atom. The summed E-state index contributed by atoms with van der Waals surface area (Å²) in [5.41, 5.74) is 1.88. The van der Waals surface area contributed by atoms with Gasteiger partial charge in [0.15, 0.2) is 0 Å². The van der Waals surface area contributed by atoms with E-state index in [2.05, 4.69) is 9.97 Å². The Morgan fingerprint density at radius 1 is 1.24 bits per heavy atom. The molecular weight excluding hydrogens is 294 g/mol. The number of fused-ring (bicyclic) bond motifs is 1. The molecule has 0 radical (unpaired) electrons. The van der Waals surface area contributed by atoms with Gasteiger partial charge in [-0.25, -0.2) is 4.98 Å². The highest BCUT2D eigenvalue weighted by Gasteiger charge is 2.09. The minimum Gasteiger partial charge on any atom is -0.401 e. The van der Waals surface area contributed by atoms with Crippen LogP contribution in [0.3, 0.4) is 0 Å². The number of hydrogen-bond donors (Lipinski definition) is 0. The highest BCUT2D eigenvalue weighted by molar-refractivity contribution is 6.34. The first kappa shape index (κ1) is 13.3. The van der Waals surface area contributed by atoms with E-state index in [1.165, 1.54) is 12.1 Å². The molecule has 0 N–H and O–H groups in total. The van der Waals surface area contributed by atoms with Gasteiger partial charge in [-0.1, -0.05) is 17.7 Å². The molecule has 1 aromatic carbocycles. The average Bonchev–Trinajstić information content (AvgIpc) is 2.95.